The van der Waals surface area contributed by atoms with Crippen LogP contribution in [-0.4, -0.2) is 28.7 Å². The lowest BCUT2D eigenvalue weighted by Gasteiger charge is -2.20. The van der Waals surface area contributed by atoms with Crippen molar-refractivity contribution in [3.05, 3.63) is 81.9 Å². The van der Waals surface area contributed by atoms with Gasteiger partial charge in [0, 0.05) is 44.2 Å². The molecule has 1 unspecified atom stereocenters. The van der Waals surface area contributed by atoms with E-state index in [0.29, 0.717) is 18.0 Å². The molecule has 0 saturated carbocycles. The molecule has 146 valence electrons. The number of rotatable bonds is 8. The van der Waals surface area contributed by atoms with Crippen molar-refractivity contribution in [3.8, 4) is 11.5 Å². The molecule has 1 aromatic heterocycles. The van der Waals surface area contributed by atoms with Crippen LogP contribution in [0.15, 0.2) is 54.9 Å². The van der Waals surface area contributed by atoms with Crippen molar-refractivity contribution in [2.45, 2.75) is 12.6 Å². The molecule has 3 rings (SSSR count). The highest BCUT2D eigenvalue weighted by Gasteiger charge is 2.20. The van der Waals surface area contributed by atoms with Gasteiger partial charge in [-0.2, -0.15) is 0 Å². The first-order chi connectivity index (χ1) is 13.5. The van der Waals surface area contributed by atoms with Crippen LogP contribution in [0.25, 0.3) is 0 Å². The number of non-ortho nitro benzene ring substituents is 1. The average molecular weight is 382 g/mol. The van der Waals surface area contributed by atoms with Gasteiger partial charge in [0.2, 0.25) is 0 Å². The maximum absolute atomic E-state index is 10.8. The Balaban J connectivity index is 1.90. The third-order valence-electron chi connectivity index (χ3n) is 4.48. The number of ether oxygens (including phenoxy) is 2. The normalized spacial score (nSPS) is 11.8. The van der Waals surface area contributed by atoms with Crippen LogP contribution in [0.4, 0.5) is 5.69 Å². The number of nitrogens with zero attached hydrogens (tertiary/aromatic N) is 3. The van der Waals surface area contributed by atoms with Crippen molar-refractivity contribution in [2.75, 3.05) is 14.2 Å². The molecule has 3 aromatic rings. The summed E-state index contributed by atoms with van der Waals surface area (Å²) in [5.41, 5.74) is 1.94. The molecule has 28 heavy (non-hydrogen) atoms. The van der Waals surface area contributed by atoms with Gasteiger partial charge in [-0.25, -0.2) is 4.98 Å². The van der Waals surface area contributed by atoms with Gasteiger partial charge in [0.25, 0.3) is 5.69 Å². The summed E-state index contributed by atoms with van der Waals surface area (Å²) in [4.78, 5) is 14.9. The van der Waals surface area contributed by atoms with Crippen molar-refractivity contribution in [1.82, 2.24) is 14.9 Å². The second kappa shape index (κ2) is 8.53. The van der Waals surface area contributed by atoms with Gasteiger partial charge in [-0.3, -0.25) is 15.4 Å². The number of hydrogen-bond donors (Lipinski definition) is 1. The zero-order valence-corrected chi connectivity index (χ0v) is 16.0. The van der Waals surface area contributed by atoms with E-state index in [1.807, 2.05) is 36.0 Å². The summed E-state index contributed by atoms with van der Waals surface area (Å²) < 4.78 is 12.7. The van der Waals surface area contributed by atoms with Crippen LogP contribution in [0.1, 0.15) is 23.0 Å². The predicted molar refractivity (Wildman–Crippen MR) is 105 cm³/mol. The summed E-state index contributed by atoms with van der Waals surface area (Å²) in [5, 5.41) is 14.3. The molecule has 0 aliphatic heterocycles. The highest BCUT2D eigenvalue weighted by Crippen LogP contribution is 2.29. The number of imidazole rings is 1. The average Bonchev–Trinajstić information content (AvgIpc) is 3.13. The van der Waals surface area contributed by atoms with E-state index < -0.39 is 4.92 Å². The smallest absolute Gasteiger partial charge is 0.269 e. The number of hydrogen-bond acceptors (Lipinski definition) is 6. The van der Waals surface area contributed by atoms with Crippen molar-refractivity contribution in [1.29, 1.82) is 0 Å². The van der Waals surface area contributed by atoms with Crippen LogP contribution in [0.2, 0.25) is 0 Å². The molecular weight excluding hydrogens is 360 g/mol. The van der Waals surface area contributed by atoms with Crippen LogP contribution in [0.3, 0.4) is 0 Å². The lowest BCUT2D eigenvalue weighted by Crippen LogP contribution is -2.25. The third kappa shape index (κ3) is 4.29. The van der Waals surface area contributed by atoms with Gasteiger partial charge in [0.05, 0.1) is 25.2 Å². The van der Waals surface area contributed by atoms with Crippen LogP contribution in [0, 0.1) is 10.1 Å². The van der Waals surface area contributed by atoms with Gasteiger partial charge in [0.15, 0.2) is 0 Å². The molecule has 0 amide bonds. The Hall–Kier alpha value is -3.39. The molecule has 0 fully saturated rings. The molecule has 8 heteroatoms. The van der Waals surface area contributed by atoms with Crippen LogP contribution in [-0.2, 0) is 13.6 Å². The monoisotopic (exact) mass is 382 g/mol. The fourth-order valence-electron chi connectivity index (χ4n) is 2.97. The SMILES string of the molecule is COc1cc(OC)cc(C(NCc2ccc([N+](=O)[O-])cc2)c2nccn2C)c1. The largest absolute Gasteiger partial charge is 0.497 e. The third-order valence-corrected chi connectivity index (χ3v) is 4.48. The second-order valence-corrected chi connectivity index (χ2v) is 6.28. The maximum atomic E-state index is 10.8. The Bertz CT molecular complexity index is 931. The number of benzene rings is 2. The fourth-order valence-corrected chi connectivity index (χ4v) is 2.97. The van der Waals surface area contributed by atoms with Gasteiger partial charge < -0.3 is 14.0 Å². The van der Waals surface area contributed by atoms with Gasteiger partial charge in [-0.1, -0.05) is 12.1 Å². The number of nitro benzene ring substituents is 1. The summed E-state index contributed by atoms with van der Waals surface area (Å²) in [5.74, 6) is 2.20. The minimum atomic E-state index is -0.406. The van der Waals surface area contributed by atoms with E-state index >= 15 is 0 Å². The lowest BCUT2D eigenvalue weighted by atomic mass is 10.0. The van der Waals surface area contributed by atoms with Crippen LogP contribution in [0.5, 0.6) is 11.5 Å². The molecule has 1 heterocycles. The number of methoxy groups -OCH3 is 2. The quantitative estimate of drug-likeness (QED) is 0.475. The first kappa shape index (κ1) is 19.4. The maximum Gasteiger partial charge on any atom is 0.269 e. The second-order valence-electron chi connectivity index (χ2n) is 6.28. The molecule has 8 nitrogen and oxygen atoms in total. The minimum Gasteiger partial charge on any atom is -0.497 e. The first-order valence-corrected chi connectivity index (χ1v) is 8.68. The van der Waals surface area contributed by atoms with E-state index in [0.717, 1.165) is 17.0 Å². The molecule has 0 bridgehead atoms. The highest BCUT2D eigenvalue weighted by molar-refractivity contribution is 5.42. The molecule has 1 atom stereocenters. The summed E-state index contributed by atoms with van der Waals surface area (Å²) >= 11 is 0. The number of aromatic nitrogens is 2. The van der Waals surface area contributed by atoms with Crippen LogP contribution < -0.4 is 14.8 Å². The Morgan fingerprint density at radius 3 is 2.29 bits per heavy atom. The van der Waals surface area contributed by atoms with Crippen LogP contribution >= 0.6 is 0 Å². The lowest BCUT2D eigenvalue weighted by molar-refractivity contribution is -0.384. The zero-order valence-electron chi connectivity index (χ0n) is 16.0. The highest BCUT2D eigenvalue weighted by atomic mass is 16.6. The molecule has 0 aliphatic rings. The standard InChI is InChI=1S/C20H22N4O4/c1-23-9-8-21-20(23)19(15-10-17(27-2)12-18(11-15)28-3)22-13-14-4-6-16(7-5-14)24(25)26/h4-12,19,22H,13H2,1-3H3. The minimum absolute atomic E-state index is 0.0712. The molecule has 1 N–H and O–H groups in total. The summed E-state index contributed by atoms with van der Waals surface area (Å²) in [7, 11) is 5.15. The van der Waals surface area contributed by atoms with Crippen molar-refractivity contribution < 1.29 is 14.4 Å². The zero-order chi connectivity index (χ0) is 20.1. The predicted octanol–water partition coefficient (Wildman–Crippen LogP) is 3.22. The van der Waals surface area contributed by atoms with Gasteiger partial charge >= 0.3 is 0 Å². The first-order valence-electron chi connectivity index (χ1n) is 8.68. The topological polar surface area (TPSA) is 91.4 Å². The van der Waals surface area contributed by atoms with E-state index in [9.17, 15) is 10.1 Å². The molecular formula is C20H22N4O4. The summed E-state index contributed by atoms with van der Waals surface area (Å²) in [6.07, 6.45) is 3.63. The van der Waals surface area contributed by atoms with Gasteiger partial charge in [-0.05, 0) is 23.3 Å². The molecule has 0 radical (unpaired) electrons. The van der Waals surface area contributed by atoms with E-state index in [4.69, 9.17) is 9.47 Å². The van der Waals surface area contributed by atoms with E-state index in [2.05, 4.69) is 10.3 Å². The molecule has 0 aliphatic carbocycles. The van der Waals surface area contributed by atoms with Crippen molar-refractivity contribution in [2.24, 2.45) is 7.05 Å². The molecule has 0 spiro atoms. The number of nitrogens with one attached hydrogen (secondary N) is 1. The Labute approximate surface area is 162 Å². The fraction of sp³-hybridized carbons (Fsp3) is 0.250. The Morgan fingerprint density at radius 2 is 1.79 bits per heavy atom. The van der Waals surface area contributed by atoms with Gasteiger partial charge in [0.1, 0.15) is 17.3 Å². The molecule has 0 saturated heterocycles. The van der Waals surface area contributed by atoms with Crippen molar-refractivity contribution >= 4 is 5.69 Å². The van der Waals surface area contributed by atoms with Gasteiger partial charge in [-0.15, -0.1) is 0 Å². The number of nitro groups is 1. The van der Waals surface area contributed by atoms with Crippen molar-refractivity contribution in [3.63, 3.8) is 0 Å². The Kier molecular flexibility index (Phi) is 5.90. The summed E-state index contributed by atoms with van der Waals surface area (Å²) in [6, 6.07) is 12.0. The van der Waals surface area contributed by atoms with E-state index in [1.165, 1.54) is 12.1 Å². The molecule has 2 aromatic carbocycles. The Morgan fingerprint density at radius 1 is 1.14 bits per heavy atom. The van der Waals surface area contributed by atoms with E-state index in [-0.39, 0.29) is 11.7 Å². The summed E-state index contributed by atoms with van der Waals surface area (Å²) in [6.45, 7) is 0.509. The number of aryl methyl sites for hydroxylation is 1. The van der Waals surface area contributed by atoms with E-state index in [1.54, 1.807) is 32.5 Å².